The highest BCUT2D eigenvalue weighted by molar-refractivity contribution is 5.87. The van der Waals surface area contributed by atoms with E-state index in [0.717, 1.165) is 23.8 Å². The van der Waals surface area contributed by atoms with E-state index in [1.54, 1.807) is 0 Å². The van der Waals surface area contributed by atoms with E-state index < -0.39 is 0 Å². The van der Waals surface area contributed by atoms with Crippen LogP contribution in [-0.4, -0.2) is 6.61 Å². The lowest BCUT2D eigenvalue weighted by Gasteiger charge is -2.13. The van der Waals surface area contributed by atoms with Crippen LogP contribution in [0.1, 0.15) is 24.8 Å². The van der Waals surface area contributed by atoms with Crippen LogP contribution in [0.15, 0.2) is 36.4 Å². The number of benzene rings is 2. The van der Waals surface area contributed by atoms with Crippen molar-refractivity contribution in [2.45, 2.75) is 25.8 Å². The van der Waals surface area contributed by atoms with E-state index in [4.69, 9.17) is 10.5 Å². The zero-order valence-electron chi connectivity index (χ0n) is 10.6. The summed E-state index contributed by atoms with van der Waals surface area (Å²) in [7, 11) is 0. The van der Waals surface area contributed by atoms with E-state index in [2.05, 4.69) is 36.4 Å². The molecule has 0 atom stereocenters. The van der Waals surface area contributed by atoms with Crippen LogP contribution in [0, 0.1) is 5.92 Å². The molecule has 1 fully saturated rings. The second kappa shape index (κ2) is 4.99. The fourth-order valence-electron chi connectivity index (χ4n) is 2.40. The van der Waals surface area contributed by atoms with Gasteiger partial charge in [-0.1, -0.05) is 43.2 Å². The Bertz CT molecular complexity index is 546. The average Bonchev–Trinajstić information content (AvgIpc) is 3.22. The summed E-state index contributed by atoms with van der Waals surface area (Å²) in [5.41, 5.74) is 7.01. The van der Waals surface area contributed by atoms with E-state index >= 15 is 0 Å². The normalized spacial score (nSPS) is 14.9. The Hall–Kier alpha value is -1.54. The molecule has 2 aromatic carbocycles. The lowest BCUT2D eigenvalue weighted by Crippen LogP contribution is -2.05. The zero-order chi connectivity index (χ0) is 12.4. The van der Waals surface area contributed by atoms with Gasteiger partial charge in [-0.2, -0.15) is 0 Å². The molecule has 0 radical (unpaired) electrons. The van der Waals surface area contributed by atoms with Crippen LogP contribution in [-0.2, 0) is 6.54 Å². The van der Waals surface area contributed by atoms with Crippen molar-refractivity contribution in [3.05, 3.63) is 42.0 Å². The van der Waals surface area contributed by atoms with Gasteiger partial charge in [0, 0.05) is 12.1 Å². The Balaban J connectivity index is 1.85. The van der Waals surface area contributed by atoms with Crippen molar-refractivity contribution >= 4 is 10.8 Å². The molecule has 0 aromatic heterocycles. The molecule has 2 heteroatoms. The van der Waals surface area contributed by atoms with E-state index in [9.17, 15) is 0 Å². The second-order valence-corrected chi connectivity index (χ2v) is 5.05. The van der Waals surface area contributed by atoms with Crippen molar-refractivity contribution in [2.75, 3.05) is 6.61 Å². The number of ether oxygens (including phenoxy) is 1. The Morgan fingerprint density at radius 2 is 1.94 bits per heavy atom. The predicted molar refractivity (Wildman–Crippen MR) is 74.7 cm³/mol. The van der Waals surface area contributed by atoms with E-state index in [-0.39, 0.29) is 0 Å². The predicted octanol–water partition coefficient (Wildman–Crippen LogP) is 3.48. The van der Waals surface area contributed by atoms with Gasteiger partial charge in [-0.25, -0.2) is 0 Å². The molecule has 18 heavy (non-hydrogen) atoms. The molecule has 2 N–H and O–H groups in total. The Labute approximate surface area is 108 Å². The van der Waals surface area contributed by atoms with E-state index in [1.807, 2.05) is 0 Å². The van der Waals surface area contributed by atoms with Crippen LogP contribution >= 0.6 is 0 Å². The molecule has 2 aromatic rings. The van der Waals surface area contributed by atoms with Gasteiger partial charge in [0.05, 0.1) is 6.61 Å². The summed E-state index contributed by atoms with van der Waals surface area (Å²) in [4.78, 5) is 0. The monoisotopic (exact) mass is 241 g/mol. The van der Waals surface area contributed by atoms with Crippen molar-refractivity contribution in [1.29, 1.82) is 0 Å². The maximum Gasteiger partial charge on any atom is 0.124 e. The van der Waals surface area contributed by atoms with Gasteiger partial charge in [0.25, 0.3) is 0 Å². The highest BCUT2D eigenvalue weighted by Gasteiger charge is 2.20. The van der Waals surface area contributed by atoms with Gasteiger partial charge < -0.3 is 10.5 Å². The van der Waals surface area contributed by atoms with E-state index in [1.165, 1.54) is 30.0 Å². The molecule has 3 rings (SSSR count). The molecule has 1 aliphatic carbocycles. The van der Waals surface area contributed by atoms with Crippen molar-refractivity contribution in [3.8, 4) is 5.75 Å². The zero-order valence-corrected chi connectivity index (χ0v) is 10.6. The molecule has 0 unspecified atom stereocenters. The molecule has 0 amide bonds. The van der Waals surface area contributed by atoms with Crippen molar-refractivity contribution < 1.29 is 4.74 Å². The number of hydrogen-bond acceptors (Lipinski definition) is 2. The third-order valence-electron chi connectivity index (χ3n) is 3.68. The second-order valence-electron chi connectivity index (χ2n) is 5.05. The average molecular weight is 241 g/mol. The van der Waals surface area contributed by atoms with Crippen LogP contribution < -0.4 is 10.5 Å². The first-order valence-corrected chi connectivity index (χ1v) is 6.72. The summed E-state index contributed by atoms with van der Waals surface area (Å²) in [6.45, 7) is 1.34. The molecule has 0 spiro atoms. The summed E-state index contributed by atoms with van der Waals surface area (Å²) in [5, 5.41) is 2.44. The Morgan fingerprint density at radius 1 is 1.11 bits per heavy atom. The maximum atomic E-state index is 5.91. The molecule has 1 aliphatic rings. The molecule has 94 valence electrons. The molecular formula is C16H19NO. The molecular weight excluding hydrogens is 222 g/mol. The van der Waals surface area contributed by atoms with Gasteiger partial charge in [-0.3, -0.25) is 0 Å². The minimum absolute atomic E-state index is 0.528. The van der Waals surface area contributed by atoms with Gasteiger partial charge in [0.15, 0.2) is 0 Å². The topological polar surface area (TPSA) is 35.2 Å². The SMILES string of the molecule is NCc1c(OCCC2CC2)ccc2ccccc12. The number of fused-ring (bicyclic) bond motifs is 1. The largest absolute Gasteiger partial charge is 0.493 e. The molecule has 0 saturated heterocycles. The van der Waals surface area contributed by atoms with E-state index in [0.29, 0.717) is 6.54 Å². The van der Waals surface area contributed by atoms with Gasteiger partial charge >= 0.3 is 0 Å². The van der Waals surface area contributed by atoms with Gasteiger partial charge in [-0.05, 0) is 29.2 Å². The fourth-order valence-corrected chi connectivity index (χ4v) is 2.40. The van der Waals surface area contributed by atoms with Gasteiger partial charge in [0.2, 0.25) is 0 Å². The standard InChI is InChI=1S/C16H19NO/c17-11-15-14-4-2-1-3-13(14)7-8-16(15)18-10-9-12-5-6-12/h1-4,7-8,12H,5-6,9-11,17H2. The summed E-state index contributed by atoms with van der Waals surface area (Å²) < 4.78 is 5.91. The summed E-state index contributed by atoms with van der Waals surface area (Å²) in [6.07, 6.45) is 3.94. The fraction of sp³-hybridized carbons (Fsp3) is 0.375. The quantitative estimate of drug-likeness (QED) is 0.869. The summed E-state index contributed by atoms with van der Waals surface area (Å²) >= 11 is 0. The van der Waals surface area contributed by atoms with Crippen molar-refractivity contribution in [2.24, 2.45) is 11.7 Å². The first-order chi connectivity index (χ1) is 8.88. The summed E-state index contributed by atoms with van der Waals surface area (Å²) in [6, 6.07) is 12.5. The first kappa shape index (κ1) is 11.5. The van der Waals surface area contributed by atoms with Gasteiger partial charge in [0.1, 0.15) is 5.75 Å². The van der Waals surface area contributed by atoms with Crippen LogP contribution in [0.4, 0.5) is 0 Å². The molecule has 0 heterocycles. The highest BCUT2D eigenvalue weighted by atomic mass is 16.5. The molecule has 2 nitrogen and oxygen atoms in total. The first-order valence-electron chi connectivity index (χ1n) is 6.72. The highest BCUT2D eigenvalue weighted by Crippen LogP contribution is 2.33. The minimum Gasteiger partial charge on any atom is -0.493 e. The molecule has 0 aliphatic heterocycles. The lowest BCUT2D eigenvalue weighted by atomic mass is 10.0. The maximum absolute atomic E-state index is 5.91. The van der Waals surface area contributed by atoms with Crippen LogP contribution in [0.2, 0.25) is 0 Å². The minimum atomic E-state index is 0.528. The van der Waals surface area contributed by atoms with Crippen molar-refractivity contribution in [3.63, 3.8) is 0 Å². The van der Waals surface area contributed by atoms with Crippen LogP contribution in [0.5, 0.6) is 5.75 Å². The molecule has 0 bridgehead atoms. The smallest absolute Gasteiger partial charge is 0.124 e. The van der Waals surface area contributed by atoms with Crippen LogP contribution in [0.25, 0.3) is 10.8 Å². The third-order valence-corrected chi connectivity index (χ3v) is 3.68. The molecule has 1 saturated carbocycles. The van der Waals surface area contributed by atoms with Gasteiger partial charge in [-0.15, -0.1) is 0 Å². The number of nitrogens with two attached hydrogens (primary N) is 1. The Kier molecular flexibility index (Phi) is 3.20. The summed E-state index contributed by atoms with van der Waals surface area (Å²) in [5.74, 6) is 1.86. The third kappa shape index (κ3) is 2.34. The van der Waals surface area contributed by atoms with Crippen molar-refractivity contribution in [1.82, 2.24) is 0 Å². The Morgan fingerprint density at radius 3 is 2.72 bits per heavy atom. The van der Waals surface area contributed by atoms with Crippen LogP contribution in [0.3, 0.4) is 0 Å². The number of hydrogen-bond donors (Lipinski definition) is 1. The lowest BCUT2D eigenvalue weighted by molar-refractivity contribution is 0.300. The number of rotatable bonds is 5.